The molecule has 158 valence electrons. The van der Waals surface area contributed by atoms with E-state index in [0.717, 1.165) is 4.47 Å². The Bertz CT molecular complexity index is 1050. The highest BCUT2D eigenvalue weighted by molar-refractivity contribution is 9.10. The van der Waals surface area contributed by atoms with Crippen LogP contribution >= 0.6 is 39.3 Å². The maximum Gasteiger partial charge on any atom is 0.234 e. The Kier molecular flexibility index (Phi) is 7.63. The number of hydrogen-bond donors (Lipinski definition) is 1. The van der Waals surface area contributed by atoms with Crippen molar-refractivity contribution in [3.05, 3.63) is 57.8 Å². The van der Waals surface area contributed by atoms with E-state index in [-0.39, 0.29) is 17.8 Å². The number of thioether (sulfide) groups is 1. The molecular formula is C20H20BrClN4O3S. The zero-order valence-corrected chi connectivity index (χ0v) is 19.7. The van der Waals surface area contributed by atoms with Crippen molar-refractivity contribution in [2.75, 3.05) is 18.2 Å². The van der Waals surface area contributed by atoms with Gasteiger partial charge in [0.1, 0.15) is 0 Å². The van der Waals surface area contributed by atoms with Gasteiger partial charge in [0.25, 0.3) is 0 Å². The number of rotatable bonds is 8. The predicted molar refractivity (Wildman–Crippen MR) is 122 cm³/mol. The van der Waals surface area contributed by atoms with E-state index in [1.165, 1.54) is 11.8 Å². The minimum Gasteiger partial charge on any atom is -0.493 e. The molecule has 1 N–H and O–H groups in total. The van der Waals surface area contributed by atoms with Crippen LogP contribution in [0.5, 0.6) is 11.5 Å². The lowest BCUT2D eigenvalue weighted by atomic mass is 10.3. The van der Waals surface area contributed by atoms with E-state index in [9.17, 15) is 4.79 Å². The van der Waals surface area contributed by atoms with Gasteiger partial charge >= 0.3 is 0 Å². The van der Waals surface area contributed by atoms with Crippen molar-refractivity contribution in [1.29, 1.82) is 0 Å². The van der Waals surface area contributed by atoms with Gasteiger partial charge in [0.15, 0.2) is 28.6 Å². The number of halogens is 2. The number of hydrogen-bond acceptors (Lipinski definition) is 6. The Morgan fingerprint density at radius 3 is 2.70 bits per heavy atom. The Labute approximate surface area is 192 Å². The van der Waals surface area contributed by atoms with Crippen molar-refractivity contribution < 1.29 is 14.3 Å². The first-order chi connectivity index (χ1) is 14.4. The summed E-state index contributed by atoms with van der Waals surface area (Å²) in [5.41, 5.74) is 0.631. The van der Waals surface area contributed by atoms with Crippen LogP contribution in [-0.4, -0.2) is 33.5 Å². The molecule has 0 bridgehead atoms. The Morgan fingerprint density at radius 1 is 1.27 bits per heavy atom. The molecule has 10 heteroatoms. The van der Waals surface area contributed by atoms with Crippen LogP contribution in [0.25, 0.3) is 0 Å². The van der Waals surface area contributed by atoms with Crippen LogP contribution in [0, 0.1) is 0 Å². The minimum absolute atomic E-state index is 0.166. The number of anilines is 1. The number of methoxy groups -OCH3 is 1. The molecule has 1 atom stereocenters. The molecule has 30 heavy (non-hydrogen) atoms. The molecule has 1 aromatic heterocycles. The van der Waals surface area contributed by atoms with Crippen molar-refractivity contribution >= 4 is 50.9 Å². The van der Waals surface area contributed by atoms with Crippen LogP contribution in [0.3, 0.4) is 0 Å². The van der Waals surface area contributed by atoms with Crippen molar-refractivity contribution in [3.63, 3.8) is 0 Å². The summed E-state index contributed by atoms with van der Waals surface area (Å²) in [5, 5.41) is 12.4. The van der Waals surface area contributed by atoms with Crippen LogP contribution in [0.1, 0.15) is 18.9 Å². The predicted octanol–water partition coefficient (Wildman–Crippen LogP) is 5.11. The van der Waals surface area contributed by atoms with Gasteiger partial charge in [0.2, 0.25) is 5.91 Å². The topological polar surface area (TPSA) is 78.3 Å². The van der Waals surface area contributed by atoms with Gasteiger partial charge in [-0.3, -0.25) is 4.79 Å². The lowest BCUT2D eigenvalue weighted by Gasteiger charge is -2.16. The van der Waals surface area contributed by atoms with Gasteiger partial charge < -0.3 is 19.4 Å². The fourth-order valence-corrected chi connectivity index (χ4v) is 3.81. The number of carbonyl (C=O) groups is 1. The first kappa shape index (κ1) is 22.5. The summed E-state index contributed by atoms with van der Waals surface area (Å²) in [6.07, 6.45) is -0.355. The van der Waals surface area contributed by atoms with Gasteiger partial charge in [0, 0.05) is 17.2 Å². The fourth-order valence-electron chi connectivity index (χ4n) is 2.67. The number of para-hydroxylation sites is 2. The van der Waals surface area contributed by atoms with Crippen LogP contribution in [0.2, 0.25) is 5.02 Å². The number of aromatic nitrogens is 3. The third-order valence-corrected chi connectivity index (χ3v) is 6.39. The third kappa shape index (κ3) is 5.47. The normalized spacial score (nSPS) is 11.8. The molecule has 1 amide bonds. The van der Waals surface area contributed by atoms with Gasteiger partial charge in [-0.25, -0.2) is 0 Å². The summed E-state index contributed by atoms with van der Waals surface area (Å²) in [7, 11) is 3.43. The van der Waals surface area contributed by atoms with E-state index in [0.29, 0.717) is 33.2 Å². The Balaban J connectivity index is 1.60. The summed E-state index contributed by atoms with van der Waals surface area (Å²) >= 11 is 10.7. The van der Waals surface area contributed by atoms with Crippen molar-refractivity contribution in [2.45, 2.75) is 18.2 Å². The third-order valence-electron chi connectivity index (χ3n) is 4.14. The zero-order valence-electron chi connectivity index (χ0n) is 16.6. The van der Waals surface area contributed by atoms with E-state index < -0.39 is 0 Å². The molecule has 1 heterocycles. The number of nitrogens with zero attached hydrogens (tertiary/aromatic N) is 3. The average molecular weight is 512 g/mol. The molecule has 2 aromatic carbocycles. The smallest absolute Gasteiger partial charge is 0.234 e. The Morgan fingerprint density at radius 2 is 2.00 bits per heavy atom. The fraction of sp³-hybridized carbons (Fsp3) is 0.250. The second-order valence-electron chi connectivity index (χ2n) is 6.28. The molecule has 0 spiro atoms. The SMILES string of the molecule is COc1ccccc1OC(C)c1nnc(SCC(=O)Nc2ccc(Br)c(Cl)c2)n1C. The van der Waals surface area contributed by atoms with Crippen molar-refractivity contribution in [3.8, 4) is 11.5 Å². The van der Waals surface area contributed by atoms with E-state index in [1.807, 2.05) is 42.8 Å². The molecule has 3 rings (SSSR count). The molecule has 7 nitrogen and oxygen atoms in total. The maximum absolute atomic E-state index is 12.3. The highest BCUT2D eigenvalue weighted by Gasteiger charge is 2.19. The molecule has 0 saturated carbocycles. The number of nitrogens with one attached hydrogen (secondary N) is 1. The van der Waals surface area contributed by atoms with Gasteiger partial charge in [-0.1, -0.05) is 35.5 Å². The lowest BCUT2D eigenvalue weighted by Crippen LogP contribution is -2.15. The van der Waals surface area contributed by atoms with Crippen molar-refractivity contribution in [2.24, 2.45) is 7.05 Å². The van der Waals surface area contributed by atoms with Gasteiger partial charge in [0.05, 0.1) is 17.9 Å². The summed E-state index contributed by atoms with van der Waals surface area (Å²) in [6, 6.07) is 12.7. The van der Waals surface area contributed by atoms with Crippen LogP contribution in [0.15, 0.2) is 52.1 Å². The zero-order chi connectivity index (χ0) is 21.7. The molecule has 0 aliphatic heterocycles. The summed E-state index contributed by atoms with van der Waals surface area (Å²) in [4.78, 5) is 12.3. The summed E-state index contributed by atoms with van der Waals surface area (Å²) in [5.74, 6) is 1.93. The van der Waals surface area contributed by atoms with E-state index in [4.69, 9.17) is 21.1 Å². The molecule has 3 aromatic rings. The van der Waals surface area contributed by atoms with Crippen molar-refractivity contribution in [1.82, 2.24) is 14.8 Å². The maximum atomic E-state index is 12.3. The van der Waals surface area contributed by atoms with Crippen LogP contribution in [-0.2, 0) is 11.8 Å². The molecule has 0 aliphatic rings. The summed E-state index contributed by atoms with van der Waals surface area (Å²) < 4.78 is 13.9. The molecule has 0 saturated heterocycles. The van der Waals surface area contributed by atoms with Gasteiger partial charge in [-0.15, -0.1) is 10.2 Å². The molecule has 0 radical (unpaired) electrons. The average Bonchev–Trinajstić information content (AvgIpc) is 3.10. The Hall–Kier alpha value is -2.23. The lowest BCUT2D eigenvalue weighted by molar-refractivity contribution is -0.113. The second kappa shape index (κ2) is 10.2. The monoisotopic (exact) mass is 510 g/mol. The largest absolute Gasteiger partial charge is 0.493 e. The first-order valence-electron chi connectivity index (χ1n) is 8.95. The highest BCUT2D eigenvalue weighted by atomic mass is 79.9. The quantitative estimate of drug-likeness (QED) is 0.423. The number of carbonyl (C=O) groups excluding carboxylic acids is 1. The van der Waals surface area contributed by atoms with E-state index in [1.54, 1.807) is 25.3 Å². The van der Waals surface area contributed by atoms with E-state index in [2.05, 4.69) is 31.4 Å². The van der Waals surface area contributed by atoms with E-state index >= 15 is 0 Å². The molecular weight excluding hydrogens is 492 g/mol. The standard InChI is InChI=1S/C20H20BrClN4O3S/c1-12(29-17-7-5-4-6-16(17)28-3)19-24-25-20(26(19)2)30-11-18(27)23-13-8-9-14(21)15(22)10-13/h4-10,12H,11H2,1-3H3,(H,23,27). The highest BCUT2D eigenvalue weighted by Crippen LogP contribution is 2.31. The molecule has 1 unspecified atom stereocenters. The van der Waals surface area contributed by atoms with Gasteiger partial charge in [-0.05, 0) is 53.2 Å². The van der Waals surface area contributed by atoms with Gasteiger partial charge in [-0.2, -0.15) is 0 Å². The number of ether oxygens (including phenoxy) is 2. The molecule has 0 aliphatic carbocycles. The number of benzene rings is 2. The summed E-state index contributed by atoms with van der Waals surface area (Å²) in [6.45, 7) is 1.88. The second-order valence-corrected chi connectivity index (χ2v) is 8.48. The van der Waals surface area contributed by atoms with Crippen LogP contribution < -0.4 is 14.8 Å². The molecule has 0 fully saturated rings. The van der Waals surface area contributed by atoms with Crippen LogP contribution in [0.4, 0.5) is 5.69 Å². The first-order valence-corrected chi connectivity index (χ1v) is 11.1. The number of amides is 1. The minimum atomic E-state index is -0.355.